The summed E-state index contributed by atoms with van der Waals surface area (Å²) in [6, 6.07) is 15.5. The van der Waals surface area contributed by atoms with Gasteiger partial charge in [0.2, 0.25) is 0 Å². The molecule has 0 saturated carbocycles. The lowest BCUT2D eigenvalue weighted by atomic mass is 10.2. The second kappa shape index (κ2) is 6.62. The zero-order chi connectivity index (χ0) is 15.4. The standard InChI is InChI=1S/C17H16ClN3O/c1-2-17-20-19-12-21(17)15-7-9-16(10-8-15)22-11-13-3-5-14(18)6-4-13/h3-10,12H,2,11H2,1H3. The monoisotopic (exact) mass is 313 g/mol. The first kappa shape index (κ1) is 14.6. The normalized spacial score (nSPS) is 10.6. The van der Waals surface area contributed by atoms with Gasteiger partial charge in [-0.3, -0.25) is 4.57 Å². The molecular formula is C17H16ClN3O. The van der Waals surface area contributed by atoms with Gasteiger partial charge in [-0.25, -0.2) is 0 Å². The van der Waals surface area contributed by atoms with Crippen LogP contribution in [-0.4, -0.2) is 14.8 Å². The summed E-state index contributed by atoms with van der Waals surface area (Å²) in [5.41, 5.74) is 2.11. The van der Waals surface area contributed by atoms with Gasteiger partial charge in [-0.2, -0.15) is 0 Å². The van der Waals surface area contributed by atoms with Crippen molar-refractivity contribution in [2.75, 3.05) is 0 Å². The summed E-state index contributed by atoms with van der Waals surface area (Å²) < 4.78 is 7.75. The first-order chi connectivity index (χ1) is 10.8. The van der Waals surface area contributed by atoms with Crippen LogP contribution in [0.5, 0.6) is 5.75 Å². The molecule has 0 saturated heterocycles. The molecule has 1 aromatic heterocycles. The zero-order valence-corrected chi connectivity index (χ0v) is 13.0. The molecule has 22 heavy (non-hydrogen) atoms. The summed E-state index contributed by atoms with van der Waals surface area (Å²) in [4.78, 5) is 0. The van der Waals surface area contributed by atoms with E-state index < -0.39 is 0 Å². The molecule has 0 aliphatic heterocycles. The Kier molecular flexibility index (Phi) is 4.39. The first-order valence-electron chi connectivity index (χ1n) is 7.13. The molecule has 0 amide bonds. The molecule has 0 bridgehead atoms. The van der Waals surface area contributed by atoms with Crippen molar-refractivity contribution in [3.63, 3.8) is 0 Å². The quantitative estimate of drug-likeness (QED) is 0.713. The van der Waals surface area contributed by atoms with Gasteiger partial charge < -0.3 is 4.74 Å². The number of hydrogen-bond donors (Lipinski definition) is 0. The molecule has 0 spiro atoms. The topological polar surface area (TPSA) is 39.9 Å². The largest absolute Gasteiger partial charge is 0.489 e. The summed E-state index contributed by atoms with van der Waals surface area (Å²) in [6.45, 7) is 2.58. The fourth-order valence-electron chi connectivity index (χ4n) is 2.17. The third kappa shape index (κ3) is 3.28. The van der Waals surface area contributed by atoms with Gasteiger partial charge in [0.25, 0.3) is 0 Å². The molecule has 5 heteroatoms. The van der Waals surface area contributed by atoms with Crippen LogP contribution < -0.4 is 4.74 Å². The Morgan fingerprint density at radius 2 is 1.77 bits per heavy atom. The highest BCUT2D eigenvalue weighted by molar-refractivity contribution is 6.30. The summed E-state index contributed by atoms with van der Waals surface area (Å²) in [5.74, 6) is 1.76. The van der Waals surface area contributed by atoms with Gasteiger partial charge in [-0.15, -0.1) is 10.2 Å². The van der Waals surface area contributed by atoms with E-state index in [-0.39, 0.29) is 0 Å². The van der Waals surface area contributed by atoms with Crippen molar-refractivity contribution in [2.45, 2.75) is 20.0 Å². The SMILES string of the molecule is CCc1nncn1-c1ccc(OCc2ccc(Cl)cc2)cc1. The third-order valence-corrected chi connectivity index (χ3v) is 3.62. The average molecular weight is 314 g/mol. The second-order valence-corrected chi connectivity index (χ2v) is 5.32. The molecule has 3 aromatic rings. The average Bonchev–Trinajstić information content (AvgIpc) is 3.03. The Morgan fingerprint density at radius 1 is 1.05 bits per heavy atom. The number of rotatable bonds is 5. The summed E-state index contributed by atoms with van der Waals surface area (Å²) >= 11 is 5.87. The molecule has 1 heterocycles. The van der Waals surface area contributed by atoms with Crippen LogP contribution in [0.2, 0.25) is 5.02 Å². The van der Waals surface area contributed by atoms with Gasteiger partial charge in [0.05, 0.1) is 0 Å². The van der Waals surface area contributed by atoms with E-state index in [0.717, 1.165) is 34.3 Å². The van der Waals surface area contributed by atoms with E-state index >= 15 is 0 Å². The molecule has 2 aromatic carbocycles. The minimum Gasteiger partial charge on any atom is -0.489 e. The number of nitrogens with zero attached hydrogens (tertiary/aromatic N) is 3. The molecule has 112 valence electrons. The predicted octanol–water partition coefficient (Wildman–Crippen LogP) is 4.06. The van der Waals surface area contributed by atoms with Crippen LogP contribution in [0.1, 0.15) is 18.3 Å². The minimum absolute atomic E-state index is 0.517. The Labute approximate surface area is 134 Å². The maximum absolute atomic E-state index is 5.87. The molecule has 4 nitrogen and oxygen atoms in total. The van der Waals surface area contributed by atoms with Gasteiger partial charge in [0.15, 0.2) is 0 Å². The number of halogens is 1. The summed E-state index contributed by atoms with van der Waals surface area (Å²) in [5, 5.41) is 8.76. The zero-order valence-electron chi connectivity index (χ0n) is 12.2. The summed E-state index contributed by atoms with van der Waals surface area (Å²) in [7, 11) is 0. The van der Waals surface area contributed by atoms with E-state index in [2.05, 4.69) is 17.1 Å². The van der Waals surface area contributed by atoms with E-state index in [1.54, 1.807) is 6.33 Å². The van der Waals surface area contributed by atoms with Gasteiger partial charge in [0, 0.05) is 17.1 Å². The van der Waals surface area contributed by atoms with E-state index in [1.807, 2.05) is 53.1 Å². The molecule has 0 fully saturated rings. The Morgan fingerprint density at radius 3 is 2.45 bits per heavy atom. The maximum Gasteiger partial charge on any atom is 0.137 e. The van der Waals surface area contributed by atoms with Crippen LogP contribution in [0.3, 0.4) is 0 Å². The van der Waals surface area contributed by atoms with Crippen molar-refractivity contribution < 1.29 is 4.74 Å². The van der Waals surface area contributed by atoms with E-state index in [0.29, 0.717) is 6.61 Å². The maximum atomic E-state index is 5.87. The Balaban J connectivity index is 1.68. The van der Waals surface area contributed by atoms with Crippen molar-refractivity contribution in [1.29, 1.82) is 0 Å². The van der Waals surface area contributed by atoms with Crippen LogP contribution in [-0.2, 0) is 13.0 Å². The number of ether oxygens (including phenoxy) is 1. The number of aryl methyl sites for hydroxylation is 1. The third-order valence-electron chi connectivity index (χ3n) is 3.37. The molecular weight excluding hydrogens is 298 g/mol. The number of aromatic nitrogens is 3. The van der Waals surface area contributed by atoms with Crippen molar-refractivity contribution in [3.05, 3.63) is 71.3 Å². The van der Waals surface area contributed by atoms with Crippen molar-refractivity contribution >= 4 is 11.6 Å². The molecule has 0 N–H and O–H groups in total. The summed E-state index contributed by atoms with van der Waals surface area (Å²) in [6.07, 6.45) is 2.57. The van der Waals surface area contributed by atoms with Crippen LogP contribution in [0, 0.1) is 0 Å². The van der Waals surface area contributed by atoms with Gasteiger partial charge >= 0.3 is 0 Å². The first-order valence-corrected chi connectivity index (χ1v) is 7.50. The van der Waals surface area contributed by atoms with Crippen molar-refractivity contribution in [1.82, 2.24) is 14.8 Å². The van der Waals surface area contributed by atoms with E-state index in [9.17, 15) is 0 Å². The molecule has 0 atom stereocenters. The lowest BCUT2D eigenvalue weighted by Crippen LogP contribution is -1.99. The van der Waals surface area contributed by atoms with Gasteiger partial charge in [0.1, 0.15) is 24.5 Å². The van der Waals surface area contributed by atoms with E-state index in [1.165, 1.54) is 0 Å². The smallest absolute Gasteiger partial charge is 0.137 e. The minimum atomic E-state index is 0.517. The molecule has 0 radical (unpaired) electrons. The van der Waals surface area contributed by atoms with Crippen molar-refractivity contribution in [2.24, 2.45) is 0 Å². The molecule has 0 unspecified atom stereocenters. The lowest BCUT2D eigenvalue weighted by molar-refractivity contribution is 0.306. The van der Waals surface area contributed by atoms with Crippen LogP contribution >= 0.6 is 11.6 Å². The van der Waals surface area contributed by atoms with Crippen LogP contribution in [0.15, 0.2) is 54.9 Å². The number of hydrogen-bond acceptors (Lipinski definition) is 3. The van der Waals surface area contributed by atoms with Crippen LogP contribution in [0.4, 0.5) is 0 Å². The second-order valence-electron chi connectivity index (χ2n) is 4.88. The van der Waals surface area contributed by atoms with Crippen LogP contribution in [0.25, 0.3) is 5.69 Å². The highest BCUT2D eigenvalue weighted by atomic mass is 35.5. The van der Waals surface area contributed by atoms with Crippen molar-refractivity contribution in [3.8, 4) is 11.4 Å². The van der Waals surface area contributed by atoms with E-state index in [4.69, 9.17) is 16.3 Å². The Hall–Kier alpha value is -2.33. The molecule has 0 aliphatic rings. The van der Waals surface area contributed by atoms with Gasteiger partial charge in [-0.1, -0.05) is 30.7 Å². The highest BCUT2D eigenvalue weighted by Crippen LogP contribution is 2.18. The fraction of sp³-hybridized carbons (Fsp3) is 0.176. The number of benzene rings is 2. The molecule has 0 aliphatic carbocycles. The lowest BCUT2D eigenvalue weighted by Gasteiger charge is -2.09. The van der Waals surface area contributed by atoms with Gasteiger partial charge in [-0.05, 0) is 42.0 Å². The fourth-order valence-corrected chi connectivity index (χ4v) is 2.29. The molecule has 3 rings (SSSR count). The Bertz CT molecular complexity index is 735. The predicted molar refractivity (Wildman–Crippen MR) is 86.5 cm³/mol. The highest BCUT2D eigenvalue weighted by Gasteiger charge is 2.04.